The van der Waals surface area contributed by atoms with Gasteiger partial charge < -0.3 is 9.47 Å². The molecule has 0 aromatic heterocycles. The van der Waals surface area contributed by atoms with Gasteiger partial charge in [0.2, 0.25) is 0 Å². The highest BCUT2D eigenvalue weighted by molar-refractivity contribution is 14.1. The Balaban J connectivity index is 1.47. The summed E-state index contributed by atoms with van der Waals surface area (Å²) in [7, 11) is 1.62. The molecule has 0 saturated carbocycles. The van der Waals surface area contributed by atoms with Crippen molar-refractivity contribution >= 4 is 62.9 Å². The first-order valence-corrected chi connectivity index (χ1v) is 13.5. The molecule has 1 saturated heterocycles. The van der Waals surface area contributed by atoms with E-state index in [1.54, 1.807) is 12.0 Å². The fraction of sp³-hybridized carbons (Fsp3) is 0.0667. The van der Waals surface area contributed by atoms with Crippen molar-refractivity contribution < 1.29 is 14.3 Å². The SMILES string of the molecule is COc1cc(/C=C2/SC(=Nc3ccccc3)N(c3ccccc3)C2=O)cc(I)c1OCc1ccccc1. The molecule has 1 fully saturated rings. The number of thioether (sulfide) groups is 1. The number of amidine groups is 1. The Kier molecular flexibility index (Phi) is 7.91. The van der Waals surface area contributed by atoms with Gasteiger partial charge in [-0.25, -0.2) is 4.99 Å². The van der Waals surface area contributed by atoms with Gasteiger partial charge in [0, 0.05) is 0 Å². The Morgan fingerprint density at radius 3 is 2.24 bits per heavy atom. The van der Waals surface area contributed by atoms with Crippen molar-refractivity contribution in [3.05, 3.63) is 123 Å². The molecule has 4 aromatic rings. The predicted octanol–water partition coefficient (Wildman–Crippen LogP) is 7.69. The van der Waals surface area contributed by atoms with Crippen LogP contribution in [0.2, 0.25) is 0 Å². The topological polar surface area (TPSA) is 51.1 Å². The minimum absolute atomic E-state index is 0.121. The van der Waals surface area contributed by atoms with E-state index in [0.29, 0.717) is 28.2 Å². The number of methoxy groups -OCH3 is 1. The van der Waals surface area contributed by atoms with Crippen molar-refractivity contribution in [1.29, 1.82) is 0 Å². The van der Waals surface area contributed by atoms with Crippen LogP contribution in [-0.2, 0) is 11.4 Å². The van der Waals surface area contributed by atoms with E-state index in [1.165, 1.54) is 11.8 Å². The van der Waals surface area contributed by atoms with Gasteiger partial charge in [0.1, 0.15) is 6.61 Å². The molecule has 1 amide bonds. The fourth-order valence-corrected chi connectivity index (χ4v) is 5.59. The Morgan fingerprint density at radius 2 is 1.57 bits per heavy atom. The number of amides is 1. The summed E-state index contributed by atoms with van der Waals surface area (Å²) in [5.41, 5.74) is 3.48. The van der Waals surface area contributed by atoms with E-state index in [-0.39, 0.29) is 5.91 Å². The summed E-state index contributed by atoms with van der Waals surface area (Å²) in [5.74, 6) is 1.17. The van der Waals surface area contributed by atoms with Gasteiger partial charge in [0.05, 0.1) is 27.0 Å². The summed E-state index contributed by atoms with van der Waals surface area (Å²) in [6.45, 7) is 0.438. The van der Waals surface area contributed by atoms with Crippen molar-refractivity contribution in [3.63, 3.8) is 0 Å². The lowest BCUT2D eigenvalue weighted by Crippen LogP contribution is -2.28. The van der Waals surface area contributed by atoms with Gasteiger partial charge in [-0.05, 0) is 88.0 Å². The average Bonchev–Trinajstić information content (AvgIpc) is 3.23. The molecular weight excluding hydrogens is 595 g/mol. The van der Waals surface area contributed by atoms with Crippen molar-refractivity contribution in [1.82, 2.24) is 0 Å². The molecule has 0 N–H and O–H groups in total. The van der Waals surface area contributed by atoms with Gasteiger partial charge in [-0.2, -0.15) is 0 Å². The van der Waals surface area contributed by atoms with Crippen molar-refractivity contribution in [2.24, 2.45) is 4.99 Å². The van der Waals surface area contributed by atoms with Crippen LogP contribution in [0.4, 0.5) is 11.4 Å². The fourth-order valence-electron chi connectivity index (χ4n) is 3.81. The zero-order valence-electron chi connectivity index (χ0n) is 20.0. The number of hydrogen-bond donors (Lipinski definition) is 0. The number of aliphatic imine (C=N–C) groups is 1. The van der Waals surface area contributed by atoms with Gasteiger partial charge >= 0.3 is 0 Å². The van der Waals surface area contributed by atoms with Crippen LogP contribution < -0.4 is 14.4 Å². The molecule has 1 aliphatic rings. The molecule has 5 rings (SSSR count). The van der Waals surface area contributed by atoms with Crippen LogP contribution in [0.15, 0.2) is 113 Å². The van der Waals surface area contributed by atoms with E-state index in [4.69, 9.17) is 14.5 Å². The lowest BCUT2D eigenvalue weighted by molar-refractivity contribution is -0.113. The molecule has 7 heteroatoms. The number of carbonyl (C=O) groups is 1. The Bertz CT molecular complexity index is 1460. The zero-order chi connectivity index (χ0) is 25.6. The Morgan fingerprint density at radius 1 is 0.919 bits per heavy atom. The molecule has 0 radical (unpaired) electrons. The van der Waals surface area contributed by atoms with Crippen LogP contribution in [0, 0.1) is 3.57 Å². The molecule has 0 bridgehead atoms. The molecule has 0 spiro atoms. The van der Waals surface area contributed by atoms with Crippen molar-refractivity contribution in [2.75, 3.05) is 12.0 Å². The van der Waals surface area contributed by atoms with E-state index in [9.17, 15) is 4.79 Å². The third-order valence-corrected chi connectivity index (χ3v) is 7.35. The number of ether oxygens (including phenoxy) is 2. The standard InChI is InChI=1S/C30H23IN2O3S/c1-35-26-18-22(17-25(31)28(26)36-20-21-11-5-2-6-12-21)19-27-29(34)33(24-15-9-4-10-16-24)30(37-27)32-23-13-7-3-8-14-23/h2-19H,20H2,1H3/b27-19+,32-30?. The number of rotatable bonds is 7. The Labute approximate surface area is 234 Å². The first-order chi connectivity index (χ1) is 18.1. The van der Waals surface area contributed by atoms with E-state index in [2.05, 4.69) is 22.6 Å². The number of para-hydroxylation sites is 2. The van der Waals surface area contributed by atoms with Gasteiger partial charge in [0.15, 0.2) is 16.7 Å². The summed E-state index contributed by atoms with van der Waals surface area (Å²) < 4.78 is 12.6. The summed E-state index contributed by atoms with van der Waals surface area (Å²) >= 11 is 3.60. The molecule has 0 unspecified atom stereocenters. The van der Waals surface area contributed by atoms with E-state index in [0.717, 1.165) is 26.1 Å². The molecule has 5 nitrogen and oxygen atoms in total. The van der Waals surface area contributed by atoms with E-state index >= 15 is 0 Å². The second-order valence-electron chi connectivity index (χ2n) is 8.13. The maximum Gasteiger partial charge on any atom is 0.271 e. The summed E-state index contributed by atoms with van der Waals surface area (Å²) in [6.07, 6.45) is 1.88. The Hall–Kier alpha value is -3.56. The first-order valence-electron chi connectivity index (χ1n) is 11.6. The largest absolute Gasteiger partial charge is 0.493 e. The second kappa shape index (κ2) is 11.7. The lowest BCUT2D eigenvalue weighted by atomic mass is 10.1. The minimum atomic E-state index is -0.121. The summed E-state index contributed by atoms with van der Waals surface area (Å²) in [5, 5.41) is 0.609. The molecule has 37 heavy (non-hydrogen) atoms. The van der Waals surface area contributed by atoms with Gasteiger partial charge in [-0.3, -0.25) is 9.69 Å². The van der Waals surface area contributed by atoms with Crippen molar-refractivity contribution in [2.45, 2.75) is 6.61 Å². The summed E-state index contributed by atoms with van der Waals surface area (Å²) in [6, 6.07) is 33.1. The molecule has 1 aliphatic heterocycles. The number of nitrogens with zero attached hydrogens (tertiary/aromatic N) is 2. The lowest BCUT2D eigenvalue weighted by Gasteiger charge is -2.15. The van der Waals surface area contributed by atoms with Crippen LogP contribution in [0.25, 0.3) is 6.08 Å². The highest BCUT2D eigenvalue weighted by Gasteiger charge is 2.34. The summed E-state index contributed by atoms with van der Waals surface area (Å²) in [4.78, 5) is 20.6. The quantitative estimate of drug-likeness (QED) is 0.158. The van der Waals surface area contributed by atoms with Crippen LogP contribution >= 0.6 is 34.4 Å². The molecular formula is C30H23IN2O3S. The highest BCUT2D eigenvalue weighted by atomic mass is 127. The van der Waals surface area contributed by atoms with Crippen LogP contribution in [-0.4, -0.2) is 18.2 Å². The highest BCUT2D eigenvalue weighted by Crippen LogP contribution is 2.39. The molecule has 0 aliphatic carbocycles. The number of carbonyl (C=O) groups excluding carboxylic acids is 1. The molecule has 184 valence electrons. The average molecular weight is 618 g/mol. The number of hydrogen-bond acceptors (Lipinski definition) is 5. The monoisotopic (exact) mass is 618 g/mol. The molecule has 1 heterocycles. The maximum atomic E-state index is 13.6. The molecule has 0 atom stereocenters. The number of anilines is 1. The van der Waals surface area contributed by atoms with Crippen LogP contribution in [0.5, 0.6) is 11.5 Å². The zero-order valence-corrected chi connectivity index (χ0v) is 23.0. The second-order valence-corrected chi connectivity index (χ2v) is 10.3. The van der Waals surface area contributed by atoms with Crippen molar-refractivity contribution in [3.8, 4) is 11.5 Å². The smallest absolute Gasteiger partial charge is 0.271 e. The van der Waals surface area contributed by atoms with E-state index in [1.807, 2.05) is 109 Å². The van der Waals surface area contributed by atoms with Crippen LogP contribution in [0.3, 0.4) is 0 Å². The first kappa shape index (κ1) is 25.1. The third kappa shape index (κ3) is 5.89. The van der Waals surface area contributed by atoms with Gasteiger partial charge in [-0.15, -0.1) is 0 Å². The van der Waals surface area contributed by atoms with Gasteiger partial charge in [-0.1, -0.05) is 66.7 Å². The minimum Gasteiger partial charge on any atom is -0.493 e. The number of benzene rings is 4. The third-order valence-electron chi connectivity index (χ3n) is 5.58. The number of halogens is 1. The van der Waals surface area contributed by atoms with E-state index < -0.39 is 0 Å². The maximum absolute atomic E-state index is 13.6. The van der Waals surface area contributed by atoms with Crippen LogP contribution in [0.1, 0.15) is 11.1 Å². The van der Waals surface area contributed by atoms with Gasteiger partial charge in [0.25, 0.3) is 5.91 Å². The predicted molar refractivity (Wildman–Crippen MR) is 160 cm³/mol. The normalized spacial score (nSPS) is 15.4. The molecule has 4 aromatic carbocycles.